The lowest BCUT2D eigenvalue weighted by atomic mass is 9.94. The van der Waals surface area contributed by atoms with Gasteiger partial charge in [-0.25, -0.2) is 9.78 Å². The first-order valence-corrected chi connectivity index (χ1v) is 8.06. The Morgan fingerprint density at radius 1 is 1.43 bits per heavy atom. The molecular formula is C15H24ClN5O2. The molecule has 8 heteroatoms. The average molecular weight is 342 g/mol. The van der Waals surface area contributed by atoms with Gasteiger partial charge in [-0.1, -0.05) is 11.6 Å². The van der Waals surface area contributed by atoms with Crippen LogP contribution in [0.3, 0.4) is 0 Å². The van der Waals surface area contributed by atoms with Crippen LogP contribution in [0, 0.1) is 0 Å². The fraction of sp³-hybridized carbons (Fsp3) is 0.667. The lowest BCUT2D eigenvalue weighted by Gasteiger charge is -2.46. The van der Waals surface area contributed by atoms with Crippen LogP contribution < -0.4 is 10.6 Å². The van der Waals surface area contributed by atoms with Gasteiger partial charge in [-0.2, -0.15) is 4.98 Å². The van der Waals surface area contributed by atoms with Gasteiger partial charge < -0.3 is 15.7 Å². The molecule has 2 rings (SSSR count). The van der Waals surface area contributed by atoms with Gasteiger partial charge in [0, 0.05) is 24.2 Å². The maximum atomic E-state index is 11.7. The molecule has 7 nitrogen and oxygen atoms in total. The lowest BCUT2D eigenvalue weighted by Crippen LogP contribution is -2.58. The molecule has 1 aromatic heterocycles. The normalized spacial score (nSPS) is 22.0. The molecule has 0 bridgehead atoms. The van der Waals surface area contributed by atoms with Crippen molar-refractivity contribution in [3.8, 4) is 0 Å². The summed E-state index contributed by atoms with van der Waals surface area (Å²) in [6.07, 6.45) is 0.777. The third-order valence-corrected chi connectivity index (χ3v) is 4.34. The first-order valence-electron chi connectivity index (χ1n) is 7.68. The van der Waals surface area contributed by atoms with Gasteiger partial charge in [-0.3, -0.25) is 4.90 Å². The summed E-state index contributed by atoms with van der Waals surface area (Å²) in [4.78, 5) is 23.4. The Morgan fingerprint density at radius 3 is 2.61 bits per heavy atom. The third kappa shape index (κ3) is 3.96. The number of anilines is 2. The van der Waals surface area contributed by atoms with Gasteiger partial charge in [-0.15, -0.1) is 0 Å². The fourth-order valence-electron chi connectivity index (χ4n) is 3.18. The number of rotatable bonds is 2. The summed E-state index contributed by atoms with van der Waals surface area (Å²) < 4.78 is 0. The second kappa shape index (κ2) is 6.39. The van der Waals surface area contributed by atoms with Crippen molar-refractivity contribution in [2.75, 3.05) is 17.2 Å². The minimum Gasteiger partial charge on any atom is -0.465 e. The number of carbonyl (C=O) groups is 1. The highest BCUT2D eigenvalue weighted by Gasteiger charge is 2.38. The molecule has 1 fully saturated rings. The molecule has 0 unspecified atom stereocenters. The summed E-state index contributed by atoms with van der Waals surface area (Å²) >= 11 is 5.98. The Morgan fingerprint density at radius 2 is 2.09 bits per heavy atom. The topological polar surface area (TPSA) is 95.6 Å². The van der Waals surface area contributed by atoms with Crippen molar-refractivity contribution in [1.82, 2.24) is 14.9 Å². The molecule has 1 saturated heterocycles. The fourth-order valence-corrected chi connectivity index (χ4v) is 3.36. The van der Waals surface area contributed by atoms with E-state index in [0.717, 1.165) is 12.8 Å². The Labute approximate surface area is 141 Å². The van der Waals surface area contributed by atoms with Gasteiger partial charge in [0.15, 0.2) is 0 Å². The molecule has 0 spiro atoms. The number of nitrogen functional groups attached to an aromatic ring is 1. The van der Waals surface area contributed by atoms with E-state index in [1.54, 1.807) is 6.07 Å². The van der Waals surface area contributed by atoms with E-state index < -0.39 is 11.6 Å². The van der Waals surface area contributed by atoms with Crippen LogP contribution >= 0.6 is 11.6 Å². The van der Waals surface area contributed by atoms with Crippen molar-refractivity contribution < 1.29 is 9.90 Å². The van der Waals surface area contributed by atoms with Crippen molar-refractivity contribution in [3.05, 3.63) is 11.2 Å². The van der Waals surface area contributed by atoms with Crippen LogP contribution in [-0.2, 0) is 0 Å². The molecule has 3 N–H and O–H groups in total. The van der Waals surface area contributed by atoms with Crippen LogP contribution in [0.25, 0.3) is 0 Å². The van der Waals surface area contributed by atoms with Gasteiger partial charge in [0.25, 0.3) is 0 Å². The van der Waals surface area contributed by atoms with Crippen LogP contribution in [0.15, 0.2) is 6.07 Å². The summed E-state index contributed by atoms with van der Waals surface area (Å²) in [7, 11) is 0. The van der Waals surface area contributed by atoms with Crippen molar-refractivity contribution in [1.29, 1.82) is 0 Å². The van der Waals surface area contributed by atoms with Gasteiger partial charge in [-0.05, 0) is 40.5 Å². The zero-order valence-corrected chi connectivity index (χ0v) is 14.7. The predicted octanol–water partition coefficient (Wildman–Crippen LogP) is 2.85. The Hall–Kier alpha value is -1.76. The van der Waals surface area contributed by atoms with E-state index in [-0.39, 0.29) is 23.2 Å². The van der Waals surface area contributed by atoms with Crippen LogP contribution in [0.1, 0.15) is 40.5 Å². The summed E-state index contributed by atoms with van der Waals surface area (Å²) in [5.74, 6) is 0.756. The molecule has 1 aliphatic rings. The SMILES string of the molecule is C[C@@H]1CC[C@H](N(C(=O)O)C(C)(C)C)CN1c1cc(Cl)nc(N)n1. The highest BCUT2D eigenvalue weighted by molar-refractivity contribution is 6.29. The molecule has 0 saturated carbocycles. The average Bonchev–Trinajstić information content (AvgIpc) is 2.37. The predicted molar refractivity (Wildman–Crippen MR) is 90.9 cm³/mol. The van der Waals surface area contributed by atoms with Crippen molar-refractivity contribution >= 4 is 29.5 Å². The highest BCUT2D eigenvalue weighted by Crippen LogP contribution is 2.30. The molecule has 1 amide bonds. The standard InChI is InChI=1S/C15H24ClN5O2/c1-9-5-6-10(21(14(22)23)15(2,3)4)8-20(9)12-7-11(16)18-13(17)19-12/h7,9-10H,5-6,8H2,1-4H3,(H,22,23)(H2,17,18,19)/t9-,10+/m1/s1. The number of piperidine rings is 1. The molecule has 1 aliphatic heterocycles. The molecule has 0 radical (unpaired) electrons. The van der Waals surface area contributed by atoms with E-state index in [0.29, 0.717) is 12.4 Å². The van der Waals surface area contributed by atoms with E-state index in [1.165, 1.54) is 4.90 Å². The van der Waals surface area contributed by atoms with Gasteiger partial charge >= 0.3 is 6.09 Å². The van der Waals surface area contributed by atoms with E-state index in [9.17, 15) is 9.90 Å². The van der Waals surface area contributed by atoms with E-state index in [4.69, 9.17) is 17.3 Å². The van der Waals surface area contributed by atoms with Gasteiger partial charge in [0.05, 0.1) is 6.04 Å². The van der Waals surface area contributed by atoms with E-state index in [1.807, 2.05) is 20.8 Å². The second-order valence-corrected chi connectivity index (χ2v) is 7.35. The number of nitrogens with two attached hydrogens (primary N) is 1. The molecule has 1 aromatic rings. The van der Waals surface area contributed by atoms with Gasteiger partial charge in [0.2, 0.25) is 5.95 Å². The van der Waals surface area contributed by atoms with Crippen molar-refractivity contribution in [2.24, 2.45) is 0 Å². The molecule has 0 aliphatic carbocycles. The van der Waals surface area contributed by atoms with Crippen molar-refractivity contribution in [2.45, 2.75) is 58.2 Å². The minimum absolute atomic E-state index is 0.112. The van der Waals surface area contributed by atoms with Crippen molar-refractivity contribution in [3.63, 3.8) is 0 Å². The molecular weight excluding hydrogens is 318 g/mol. The maximum absolute atomic E-state index is 11.7. The maximum Gasteiger partial charge on any atom is 0.408 e. The highest BCUT2D eigenvalue weighted by atomic mass is 35.5. The number of amides is 1. The second-order valence-electron chi connectivity index (χ2n) is 6.96. The molecule has 23 heavy (non-hydrogen) atoms. The van der Waals surface area contributed by atoms with Crippen LogP contribution in [0.2, 0.25) is 5.15 Å². The summed E-state index contributed by atoms with van der Waals surface area (Å²) in [6.45, 7) is 8.36. The first-order chi connectivity index (χ1) is 10.6. The Bertz CT molecular complexity index is 569. The minimum atomic E-state index is -0.905. The number of carboxylic acid groups (broad SMARTS) is 1. The summed E-state index contributed by atoms with van der Waals surface area (Å²) in [5.41, 5.74) is 5.22. The summed E-state index contributed by atoms with van der Waals surface area (Å²) in [5, 5.41) is 9.90. The first kappa shape index (κ1) is 17.6. The zero-order valence-electron chi connectivity index (χ0n) is 14.0. The number of halogens is 1. The molecule has 2 atom stereocenters. The molecule has 128 valence electrons. The monoisotopic (exact) mass is 341 g/mol. The Kier molecular flexibility index (Phi) is 4.89. The quantitative estimate of drug-likeness (QED) is 0.803. The molecule has 2 heterocycles. The number of aromatic nitrogens is 2. The smallest absolute Gasteiger partial charge is 0.408 e. The van der Waals surface area contributed by atoms with E-state index >= 15 is 0 Å². The largest absolute Gasteiger partial charge is 0.465 e. The number of hydrogen-bond acceptors (Lipinski definition) is 5. The lowest BCUT2D eigenvalue weighted by molar-refractivity contribution is 0.0621. The van der Waals surface area contributed by atoms with Crippen LogP contribution in [0.5, 0.6) is 0 Å². The molecule has 0 aromatic carbocycles. The van der Waals surface area contributed by atoms with Crippen LogP contribution in [0.4, 0.5) is 16.6 Å². The van der Waals surface area contributed by atoms with E-state index in [2.05, 4.69) is 21.8 Å². The summed E-state index contributed by atoms with van der Waals surface area (Å²) in [6, 6.07) is 1.78. The zero-order chi connectivity index (χ0) is 17.4. The number of hydrogen-bond donors (Lipinski definition) is 2. The third-order valence-electron chi connectivity index (χ3n) is 4.14. The van der Waals surface area contributed by atoms with Crippen LogP contribution in [-0.4, -0.2) is 50.2 Å². The Balaban J connectivity index is 2.30. The van der Waals surface area contributed by atoms with Gasteiger partial charge in [0.1, 0.15) is 11.0 Å². The number of nitrogens with zero attached hydrogens (tertiary/aromatic N) is 4.